The highest BCUT2D eigenvalue weighted by molar-refractivity contribution is 5.87. The number of nitrogens with zero attached hydrogens (tertiary/aromatic N) is 3. The van der Waals surface area contributed by atoms with Crippen molar-refractivity contribution in [1.82, 2.24) is 15.1 Å². The zero-order chi connectivity index (χ0) is 19.3. The first-order valence-electron chi connectivity index (χ1n) is 9.09. The van der Waals surface area contributed by atoms with Crippen LogP contribution in [-0.4, -0.2) is 40.1 Å². The third-order valence-electron chi connectivity index (χ3n) is 4.74. The summed E-state index contributed by atoms with van der Waals surface area (Å²) in [5.74, 6) is -0.0265. The van der Waals surface area contributed by atoms with Crippen LogP contribution in [-0.2, 0) is 16.0 Å². The summed E-state index contributed by atoms with van der Waals surface area (Å²) in [4.78, 5) is 26.4. The van der Waals surface area contributed by atoms with E-state index in [4.69, 9.17) is 9.15 Å². The van der Waals surface area contributed by atoms with Crippen molar-refractivity contribution in [3.05, 3.63) is 66.6 Å². The Hall–Kier alpha value is -3.48. The molecule has 0 radical (unpaired) electrons. The van der Waals surface area contributed by atoms with Gasteiger partial charge in [0.05, 0.1) is 5.92 Å². The zero-order valence-electron chi connectivity index (χ0n) is 15.2. The summed E-state index contributed by atoms with van der Waals surface area (Å²) in [6.45, 7) is 0.996. The fourth-order valence-electron chi connectivity index (χ4n) is 3.22. The summed E-state index contributed by atoms with van der Waals surface area (Å²) in [6.07, 6.45) is 2.21. The van der Waals surface area contributed by atoms with Crippen LogP contribution in [0.5, 0.6) is 5.75 Å². The second-order valence-corrected chi connectivity index (χ2v) is 6.67. The van der Waals surface area contributed by atoms with E-state index in [-0.39, 0.29) is 18.3 Å². The minimum atomic E-state index is -0.445. The number of benzene rings is 2. The van der Waals surface area contributed by atoms with Gasteiger partial charge in [0.2, 0.25) is 18.2 Å². The Bertz CT molecular complexity index is 940. The fraction of sp³-hybridized carbons (Fsp3) is 0.238. The predicted octanol–water partition coefficient (Wildman–Crippen LogP) is 2.73. The molecule has 4 rings (SSSR count). The van der Waals surface area contributed by atoms with Crippen LogP contribution in [0.15, 0.2) is 65.4 Å². The van der Waals surface area contributed by atoms with Crippen molar-refractivity contribution in [2.45, 2.75) is 12.8 Å². The molecular formula is C21H19N3O4. The van der Waals surface area contributed by atoms with Gasteiger partial charge in [-0.1, -0.05) is 30.3 Å². The average molecular weight is 377 g/mol. The number of likely N-dealkylation sites (tertiary alicyclic amines) is 1. The van der Waals surface area contributed by atoms with Gasteiger partial charge < -0.3 is 14.1 Å². The number of hydrogen-bond acceptors (Lipinski definition) is 6. The van der Waals surface area contributed by atoms with E-state index >= 15 is 0 Å². The predicted molar refractivity (Wildman–Crippen MR) is 100 cm³/mol. The molecule has 1 aliphatic rings. The number of esters is 1. The third kappa shape index (κ3) is 4.09. The van der Waals surface area contributed by atoms with E-state index in [1.165, 1.54) is 12.0 Å². The number of rotatable bonds is 6. The van der Waals surface area contributed by atoms with Gasteiger partial charge in [0.1, 0.15) is 5.75 Å². The molecular weight excluding hydrogens is 358 g/mol. The molecule has 1 fully saturated rings. The second-order valence-electron chi connectivity index (χ2n) is 6.67. The zero-order valence-corrected chi connectivity index (χ0v) is 15.2. The molecule has 1 amide bonds. The molecule has 0 bridgehead atoms. The highest BCUT2D eigenvalue weighted by atomic mass is 16.5. The summed E-state index contributed by atoms with van der Waals surface area (Å²) in [5.41, 5.74) is 1.91. The van der Waals surface area contributed by atoms with Gasteiger partial charge >= 0.3 is 5.97 Å². The van der Waals surface area contributed by atoms with Crippen molar-refractivity contribution in [2.24, 2.45) is 5.92 Å². The molecule has 0 aliphatic carbocycles. The van der Waals surface area contributed by atoms with E-state index in [0.717, 1.165) is 12.0 Å². The summed E-state index contributed by atoms with van der Waals surface area (Å²) < 4.78 is 10.6. The highest BCUT2D eigenvalue weighted by Crippen LogP contribution is 2.24. The Morgan fingerprint density at radius 1 is 1.14 bits per heavy atom. The molecule has 0 saturated carbocycles. The third-order valence-corrected chi connectivity index (χ3v) is 4.74. The van der Waals surface area contributed by atoms with E-state index in [9.17, 15) is 9.59 Å². The van der Waals surface area contributed by atoms with Crippen molar-refractivity contribution in [3.63, 3.8) is 0 Å². The molecule has 7 heteroatoms. The number of hydrogen-bond donors (Lipinski definition) is 0. The Morgan fingerprint density at radius 3 is 2.64 bits per heavy atom. The van der Waals surface area contributed by atoms with Gasteiger partial charge in [-0.05, 0) is 36.2 Å². The van der Waals surface area contributed by atoms with Crippen LogP contribution in [0.3, 0.4) is 0 Å². The first kappa shape index (κ1) is 17.9. The van der Waals surface area contributed by atoms with Crippen molar-refractivity contribution in [3.8, 4) is 17.2 Å². The van der Waals surface area contributed by atoms with E-state index in [1.807, 2.05) is 30.3 Å². The molecule has 1 saturated heterocycles. The first-order valence-corrected chi connectivity index (χ1v) is 9.09. The lowest BCUT2D eigenvalue weighted by molar-refractivity contribution is -0.139. The van der Waals surface area contributed by atoms with Crippen LogP contribution in [0, 0.1) is 5.92 Å². The van der Waals surface area contributed by atoms with Crippen LogP contribution < -0.4 is 4.74 Å². The van der Waals surface area contributed by atoms with E-state index in [2.05, 4.69) is 10.2 Å². The molecule has 2 heterocycles. The lowest BCUT2D eigenvalue weighted by Gasteiger charge is -2.16. The Balaban J connectivity index is 1.32. The van der Waals surface area contributed by atoms with Gasteiger partial charge in [-0.2, -0.15) is 0 Å². The second kappa shape index (κ2) is 8.04. The largest absolute Gasteiger partial charge is 0.426 e. The number of carbonyl (C=O) groups is 2. The number of ether oxygens (including phenoxy) is 1. The van der Waals surface area contributed by atoms with E-state index in [1.54, 1.807) is 29.2 Å². The topological polar surface area (TPSA) is 85.5 Å². The standard InChI is InChI=1S/C21H19N3O4/c25-19-12-17(13-24(19)11-10-15-4-2-1-3-5-15)21(26)28-18-8-6-16(7-9-18)20-23-22-14-27-20/h1-9,14,17H,10-13H2. The maximum absolute atomic E-state index is 12.5. The van der Waals surface area contributed by atoms with Gasteiger partial charge in [-0.3, -0.25) is 9.59 Å². The lowest BCUT2D eigenvalue weighted by Crippen LogP contribution is -2.29. The van der Waals surface area contributed by atoms with Crippen LogP contribution in [0.2, 0.25) is 0 Å². The Kier molecular flexibility index (Phi) is 5.14. The molecule has 7 nitrogen and oxygen atoms in total. The highest BCUT2D eigenvalue weighted by Gasteiger charge is 2.35. The summed E-state index contributed by atoms with van der Waals surface area (Å²) in [7, 11) is 0. The number of amides is 1. The summed E-state index contributed by atoms with van der Waals surface area (Å²) >= 11 is 0. The fourth-order valence-corrected chi connectivity index (χ4v) is 3.22. The van der Waals surface area contributed by atoms with Gasteiger partial charge in [0.15, 0.2) is 0 Å². The SMILES string of the molecule is O=C(Oc1ccc(-c2nnco2)cc1)C1CC(=O)N(CCc2ccccc2)C1. The molecule has 2 aromatic carbocycles. The molecule has 142 valence electrons. The molecule has 1 aliphatic heterocycles. The Morgan fingerprint density at radius 2 is 1.93 bits per heavy atom. The first-order chi connectivity index (χ1) is 13.7. The number of aromatic nitrogens is 2. The Labute approximate surface area is 161 Å². The minimum absolute atomic E-state index is 0.00961. The molecule has 1 unspecified atom stereocenters. The summed E-state index contributed by atoms with van der Waals surface area (Å²) in [5, 5.41) is 7.46. The maximum atomic E-state index is 12.5. The smallest absolute Gasteiger partial charge is 0.316 e. The maximum Gasteiger partial charge on any atom is 0.316 e. The number of carbonyl (C=O) groups excluding carboxylic acids is 2. The van der Waals surface area contributed by atoms with Gasteiger partial charge in [-0.15, -0.1) is 10.2 Å². The molecule has 1 atom stereocenters. The van der Waals surface area contributed by atoms with Crippen LogP contribution in [0.4, 0.5) is 0 Å². The molecule has 1 aromatic heterocycles. The van der Waals surface area contributed by atoms with Crippen molar-refractivity contribution >= 4 is 11.9 Å². The monoisotopic (exact) mass is 377 g/mol. The van der Waals surface area contributed by atoms with E-state index < -0.39 is 5.92 Å². The van der Waals surface area contributed by atoms with E-state index in [0.29, 0.717) is 24.7 Å². The molecule has 3 aromatic rings. The van der Waals surface area contributed by atoms with Crippen LogP contribution >= 0.6 is 0 Å². The summed E-state index contributed by atoms with van der Waals surface area (Å²) in [6, 6.07) is 16.8. The lowest BCUT2D eigenvalue weighted by atomic mass is 10.1. The van der Waals surface area contributed by atoms with Crippen LogP contribution in [0.1, 0.15) is 12.0 Å². The molecule has 28 heavy (non-hydrogen) atoms. The quantitative estimate of drug-likeness (QED) is 0.485. The van der Waals surface area contributed by atoms with Crippen LogP contribution in [0.25, 0.3) is 11.5 Å². The van der Waals surface area contributed by atoms with Gasteiger partial charge in [0, 0.05) is 25.1 Å². The van der Waals surface area contributed by atoms with Crippen molar-refractivity contribution in [2.75, 3.05) is 13.1 Å². The average Bonchev–Trinajstić information content (AvgIpc) is 3.38. The van der Waals surface area contributed by atoms with Crippen molar-refractivity contribution in [1.29, 1.82) is 0 Å². The minimum Gasteiger partial charge on any atom is -0.426 e. The van der Waals surface area contributed by atoms with Gasteiger partial charge in [0.25, 0.3) is 0 Å². The van der Waals surface area contributed by atoms with Gasteiger partial charge in [-0.25, -0.2) is 0 Å². The van der Waals surface area contributed by atoms with Crippen molar-refractivity contribution < 1.29 is 18.7 Å². The molecule has 0 spiro atoms. The molecule has 0 N–H and O–H groups in total. The normalized spacial score (nSPS) is 16.4.